The number of hydrogen-bond donors (Lipinski definition) is 2. The number of piperazine rings is 1. The molecular formula is C31H40F3N9O. The number of pyridine rings is 1. The Hall–Kier alpha value is -4.26. The van der Waals surface area contributed by atoms with Crippen LogP contribution in [0.4, 0.5) is 24.7 Å². The van der Waals surface area contributed by atoms with Gasteiger partial charge in [0, 0.05) is 82.5 Å². The lowest BCUT2D eigenvalue weighted by atomic mass is 10.1. The Morgan fingerprint density at radius 3 is 2.57 bits per heavy atom. The number of aromatic nitrogens is 1. The maximum atomic E-state index is 13.8. The summed E-state index contributed by atoms with van der Waals surface area (Å²) in [4.78, 5) is 37.6. The molecule has 2 aliphatic rings. The summed E-state index contributed by atoms with van der Waals surface area (Å²) >= 11 is 0. The molecule has 2 aliphatic heterocycles. The topological polar surface area (TPSA) is 101 Å². The smallest absolute Gasteiger partial charge is 0.301 e. The highest BCUT2D eigenvalue weighted by molar-refractivity contribution is 6.04. The summed E-state index contributed by atoms with van der Waals surface area (Å²) in [6.07, 6.45) is 5.06. The fourth-order valence-electron chi connectivity index (χ4n) is 4.73. The summed E-state index contributed by atoms with van der Waals surface area (Å²) in [5.41, 5.74) is 1.85. The number of alkyl halides is 3. The molecule has 1 fully saturated rings. The zero-order chi connectivity index (χ0) is 31.9. The number of rotatable bonds is 10. The monoisotopic (exact) mass is 611 g/mol. The van der Waals surface area contributed by atoms with Gasteiger partial charge in [-0.05, 0) is 42.7 Å². The van der Waals surface area contributed by atoms with E-state index < -0.39 is 24.1 Å². The van der Waals surface area contributed by atoms with Gasteiger partial charge >= 0.3 is 5.92 Å². The van der Waals surface area contributed by atoms with Gasteiger partial charge in [0.05, 0.1) is 12.0 Å². The van der Waals surface area contributed by atoms with E-state index in [9.17, 15) is 18.0 Å². The van der Waals surface area contributed by atoms with Crippen molar-refractivity contribution in [3.05, 3.63) is 64.7 Å². The molecule has 10 nitrogen and oxygen atoms in total. The number of carbonyl (C=O) groups is 1. The Morgan fingerprint density at radius 2 is 1.89 bits per heavy atom. The summed E-state index contributed by atoms with van der Waals surface area (Å²) < 4.78 is 40.5. The van der Waals surface area contributed by atoms with Crippen molar-refractivity contribution >= 4 is 35.9 Å². The molecule has 0 radical (unpaired) electrons. The van der Waals surface area contributed by atoms with Crippen LogP contribution in [0.25, 0.3) is 0 Å². The van der Waals surface area contributed by atoms with Gasteiger partial charge in [-0.25, -0.2) is 24.4 Å². The highest BCUT2D eigenvalue weighted by Crippen LogP contribution is 2.29. The average molecular weight is 612 g/mol. The van der Waals surface area contributed by atoms with Crippen LogP contribution in [0, 0.1) is 12.8 Å². The molecule has 0 saturated carbocycles. The quantitative estimate of drug-likeness (QED) is 0.291. The molecule has 2 aromatic rings. The van der Waals surface area contributed by atoms with E-state index in [2.05, 4.69) is 49.2 Å². The molecule has 0 bridgehead atoms. The molecule has 3 heterocycles. The van der Waals surface area contributed by atoms with Gasteiger partial charge in [-0.1, -0.05) is 19.9 Å². The maximum absolute atomic E-state index is 13.8. The number of nitrogens with one attached hydrogen (secondary N) is 2. The van der Waals surface area contributed by atoms with Gasteiger partial charge < -0.3 is 20.4 Å². The number of nitrogens with zero attached hydrogens (tertiary/aromatic N) is 7. The van der Waals surface area contributed by atoms with Crippen molar-refractivity contribution in [3.8, 4) is 0 Å². The second-order valence-electron chi connectivity index (χ2n) is 11.5. The van der Waals surface area contributed by atoms with Crippen LogP contribution in [0.15, 0.2) is 63.0 Å². The summed E-state index contributed by atoms with van der Waals surface area (Å²) in [6.45, 7) is 9.11. The Bertz CT molecular complexity index is 1440. The number of benzene rings is 1. The van der Waals surface area contributed by atoms with Gasteiger partial charge in [0.25, 0.3) is 5.91 Å². The number of carbonyl (C=O) groups excluding carboxylic acids is 1. The number of amides is 1. The first-order valence-corrected chi connectivity index (χ1v) is 14.6. The fraction of sp³-hybridized carbons (Fsp3) is 0.452. The van der Waals surface area contributed by atoms with Gasteiger partial charge in [0.2, 0.25) is 5.96 Å². The van der Waals surface area contributed by atoms with Crippen molar-refractivity contribution < 1.29 is 18.0 Å². The highest BCUT2D eigenvalue weighted by atomic mass is 19.3. The lowest BCUT2D eigenvalue weighted by Crippen LogP contribution is -2.49. The summed E-state index contributed by atoms with van der Waals surface area (Å²) in [7, 11) is 3.73. The van der Waals surface area contributed by atoms with Crippen LogP contribution >= 0.6 is 0 Å². The van der Waals surface area contributed by atoms with Crippen LogP contribution in [-0.2, 0) is 5.92 Å². The largest absolute Gasteiger partial charge is 0.369 e. The molecule has 0 spiro atoms. The maximum Gasteiger partial charge on any atom is 0.301 e. The molecular weight excluding hydrogens is 571 g/mol. The Balaban J connectivity index is 1.56. The lowest BCUT2D eigenvalue weighted by molar-refractivity contribution is -0.0281. The van der Waals surface area contributed by atoms with E-state index >= 15 is 0 Å². The summed E-state index contributed by atoms with van der Waals surface area (Å²) in [5, 5.41) is 5.87. The molecule has 0 aliphatic carbocycles. The number of anilines is 2. The van der Waals surface area contributed by atoms with E-state index in [1.807, 2.05) is 32.1 Å². The first-order chi connectivity index (χ1) is 20.9. The van der Waals surface area contributed by atoms with Crippen molar-refractivity contribution in [1.82, 2.24) is 19.7 Å². The highest BCUT2D eigenvalue weighted by Gasteiger charge is 2.32. The molecule has 0 unspecified atom stereocenters. The summed E-state index contributed by atoms with van der Waals surface area (Å²) in [5.74, 6) is -2.58. The van der Waals surface area contributed by atoms with Gasteiger partial charge in [-0.3, -0.25) is 9.69 Å². The van der Waals surface area contributed by atoms with E-state index in [-0.39, 0.29) is 11.4 Å². The van der Waals surface area contributed by atoms with Gasteiger partial charge in [0.1, 0.15) is 5.82 Å². The van der Waals surface area contributed by atoms with Gasteiger partial charge in [-0.15, -0.1) is 0 Å². The number of allylic oxidation sites excluding steroid dienone is 1. The van der Waals surface area contributed by atoms with Crippen LogP contribution in [-0.4, -0.2) is 97.6 Å². The van der Waals surface area contributed by atoms with Crippen LogP contribution in [0.1, 0.15) is 41.8 Å². The number of halogens is 3. The minimum absolute atomic E-state index is 0.109. The second-order valence-corrected chi connectivity index (χ2v) is 11.5. The van der Waals surface area contributed by atoms with E-state index in [0.717, 1.165) is 56.6 Å². The molecule has 1 aromatic heterocycles. The summed E-state index contributed by atoms with van der Waals surface area (Å²) in [6, 6.07) is 7.01. The number of hydrogen-bond acceptors (Lipinski definition) is 8. The Kier molecular flexibility index (Phi) is 10.7. The third-order valence-corrected chi connectivity index (χ3v) is 7.04. The normalized spacial score (nSPS) is 17.2. The van der Waals surface area contributed by atoms with Gasteiger partial charge in [0.15, 0.2) is 12.5 Å². The predicted molar refractivity (Wildman–Crippen MR) is 169 cm³/mol. The van der Waals surface area contributed by atoms with Crippen molar-refractivity contribution in [2.45, 2.75) is 33.1 Å². The average Bonchev–Trinajstić information content (AvgIpc) is 3.00. The first kappa shape index (κ1) is 32.6. The van der Waals surface area contributed by atoms with E-state index in [1.165, 1.54) is 0 Å². The van der Waals surface area contributed by atoms with Crippen molar-refractivity contribution in [3.63, 3.8) is 0 Å². The molecule has 1 saturated heterocycles. The van der Waals surface area contributed by atoms with Crippen LogP contribution in [0.5, 0.6) is 0 Å². The van der Waals surface area contributed by atoms with Crippen LogP contribution < -0.4 is 10.6 Å². The molecule has 13 heteroatoms. The molecule has 1 amide bonds. The molecule has 1 aromatic carbocycles. The number of guanidine groups is 1. The van der Waals surface area contributed by atoms with Crippen molar-refractivity contribution in [2.24, 2.45) is 20.9 Å². The van der Waals surface area contributed by atoms with Gasteiger partial charge in [-0.2, -0.15) is 8.78 Å². The van der Waals surface area contributed by atoms with E-state index in [0.29, 0.717) is 35.5 Å². The third-order valence-electron chi connectivity index (χ3n) is 7.04. The molecule has 0 atom stereocenters. The fourth-order valence-corrected chi connectivity index (χ4v) is 4.73. The van der Waals surface area contributed by atoms with Crippen LogP contribution in [0.3, 0.4) is 0 Å². The minimum atomic E-state index is -3.67. The molecule has 2 N–H and O–H groups in total. The number of aryl methyl sites for hydroxylation is 1. The van der Waals surface area contributed by atoms with E-state index in [4.69, 9.17) is 4.99 Å². The third kappa shape index (κ3) is 8.65. The van der Waals surface area contributed by atoms with Crippen molar-refractivity contribution in [2.75, 3.05) is 64.1 Å². The number of aliphatic imine (C=N–C) groups is 3. The van der Waals surface area contributed by atoms with E-state index in [1.54, 1.807) is 24.5 Å². The Labute approximate surface area is 256 Å². The molecule has 4 rings (SSSR count). The lowest BCUT2D eigenvalue weighted by Gasteiger charge is -2.36. The zero-order valence-corrected chi connectivity index (χ0v) is 25.8. The predicted octanol–water partition coefficient (Wildman–Crippen LogP) is 4.98. The second kappa shape index (κ2) is 14.5. The minimum Gasteiger partial charge on any atom is -0.369 e. The standard InChI is InChI=1S/C31H40F3N9O/c1-21(2)18-42-12-14-43(15-13-42)30-36-11-9-25(39-30)28(37-20-41(4)5)38-26-16-23(7-6-22(26)3)29(44)40-27-17-24(8-10-35-27)31(33,34)19-32/h6-8,10-11,16-17,20-21,38H,9,12-15,18-19H2,1-5H3,(H,35,40,44)/b28-25-,37-20-. The molecule has 236 valence electrons. The van der Waals surface area contributed by atoms with Crippen molar-refractivity contribution in [1.29, 1.82) is 0 Å². The zero-order valence-electron chi connectivity index (χ0n) is 25.8. The molecule has 44 heavy (non-hydrogen) atoms. The van der Waals surface area contributed by atoms with Crippen LogP contribution in [0.2, 0.25) is 0 Å². The first-order valence-electron chi connectivity index (χ1n) is 14.6. The Morgan fingerprint density at radius 1 is 1.14 bits per heavy atom. The SMILES string of the molecule is Cc1ccc(C(=O)Nc2cc(C(F)(F)CF)ccn2)cc1NC(/N=C\N(C)C)=C1/CC=NC(N2CCN(CC(C)C)CC2)=N1.